The molecule has 0 radical (unpaired) electrons. The van der Waals surface area contributed by atoms with E-state index in [4.69, 9.17) is 4.74 Å². The summed E-state index contributed by atoms with van der Waals surface area (Å²) in [7, 11) is 1.85. The molecular formula is C16H23N3O. The number of allylic oxidation sites excluding steroid dienone is 3. The van der Waals surface area contributed by atoms with Gasteiger partial charge in [0.15, 0.2) is 6.40 Å². The molecule has 0 aliphatic heterocycles. The van der Waals surface area contributed by atoms with Gasteiger partial charge in [0, 0.05) is 30.6 Å². The molecular weight excluding hydrogens is 250 g/mol. The first-order valence-electron chi connectivity index (χ1n) is 6.71. The fourth-order valence-corrected chi connectivity index (χ4v) is 1.49. The van der Waals surface area contributed by atoms with Gasteiger partial charge in [0.25, 0.3) is 0 Å². The van der Waals surface area contributed by atoms with Crippen molar-refractivity contribution in [3.63, 3.8) is 0 Å². The Balaban J connectivity index is 2.32. The third kappa shape index (κ3) is 6.18. The average molecular weight is 273 g/mol. The average Bonchev–Trinajstić information content (AvgIpc) is 2.42. The zero-order chi connectivity index (χ0) is 14.8. The van der Waals surface area contributed by atoms with Crippen LogP contribution in [0.3, 0.4) is 0 Å². The van der Waals surface area contributed by atoms with E-state index in [-0.39, 0.29) is 0 Å². The highest BCUT2D eigenvalue weighted by Gasteiger charge is 1.97. The van der Waals surface area contributed by atoms with E-state index in [1.54, 1.807) is 0 Å². The van der Waals surface area contributed by atoms with Gasteiger partial charge in [0.1, 0.15) is 0 Å². The fraction of sp³-hybridized carbons (Fsp3) is 0.375. The number of hydrogen-bond acceptors (Lipinski definition) is 4. The molecule has 0 spiro atoms. The maximum Gasteiger partial charge on any atom is 0.174 e. The van der Waals surface area contributed by atoms with E-state index in [1.807, 2.05) is 45.3 Å². The lowest BCUT2D eigenvalue weighted by molar-refractivity contribution is 0.322. The van der Waals surface area contributed by atoms with Crippen LogP contribution in [-0.4, -0.2) is 25.0 Å². The standard InChI is InChI=1S/C16H23N3O/c1-13-7-8-16(19-15(13)3)9-11-20-12-18-14(2)6-5-10-17-4/h5-8,10,12,17H,9,11H2,1-4H3/b10-5+,14-6-,18-12?. The van der Waals surface area contributed by atoms with Crippen molar-refractivity contribution >= 4 is 6.40 Å². The van der Waals surface area contributed by atoms with Crippen LogP contribution in [0.5, 0.6) is 0 Å². The van der Waals surface area contributed by atoms with Crippen LogP contribution >= 0.6 is 0 Å². The number of pyridine rings is 1. The molecule has 20 heavy (non-hydrogen) atoms. The number of nitrogens with zero attached hydrogens (tertiary/aromatic N) is 2. The highest BCUT2D eigenvalue weighted by molar-refractivity contribution is 5.48. The van der Waals surface area contributed by atoms with E-state index in [1.165, 1.54) is 12.0 Å². The lowest BCUT2D eigenvalue weighted by atomic mass is 10.2. The summed E-state index contributed by atoms with van der Waals surface area (Å²) in [5.41, 5.74) is 4.23. The topological polar surface area (TPSA) is 46.5 Å². The molecule has 4 nitrogen and oxygen atoms in total. The van der Waals surface area contributed by atoms with Gasteiger partial charge >= 0.3 is 0 Å². The molecule has 0 aromatic carbocycles. The number of hydrogen-bond donors (Lipinski definition) is 1. The SMILES string of the molecule is CN/C=C/C=C(/C)N=COCCc1ccc(C)c(C)n1. The summed E-state index contributed by atoms with van der Waals surface area (Å²) in [6, 6.07) is 4.13. The van der Waals surface area contributed by atoms with Crippen LogP contribution in [0, 0.1) is 13.8 Å². The van der Waals surface area contributed by atoms with Crippen molar-refractivity contribution < 1.29 is 4.74 Å². The molecule has 0 aliphatic rings. The Morgan fingerprint density at radius 2 is 2.20 bits per heavy atom. The number of aliphatic imine (C=N–C) groups is 1. The van der Waals surface area contributed by atoms with Crippen molar-refractivity contribution in [2.45, 2.75) is 27.2 Å². The van der Waals surface area contributed by atoms with Crippen molar-refractivity contribution in [2.75, 3.05) is 13.7 Å². The molecule has 1 rings (SSSR count). The molecule has 0 atom stereocenters. The molecule has 1 aromatic heterocycles. The summed E-state index contributed by atoms with van der Waals surface area (Å²) in [5.74, 6) is 0. The zero-order valence-corrected chi connectivity index (χ0v) is 12.7. The Kier molecular flexibility index (Phi) is 7.11. The van der Waals surface area contributed by atoms with E-state index >= 15 is 0 Å². The second-order valence-electron chi connectivity index (χ2n) is 4.52. The van der Waals surface area contributed by atoms with Gasteiger partial charge in [-0.25, -0.2) is 4.99 Å². The van der Waals surface area contributed by atoms with Crippen molar-refractivity contribution in [3.05, 3.63) is 53.1 Å². The number of ether oxygens (including phenoxy) is 1. The van der Waals surface area contributed by atoms with Crippen LogP contribution in [0.15, 0.2) is 41.2 Å². The third-order valence-electron chi connectivity index (χ3n) is 2.81. The number of aromatic nitrogens is 1. The molecule has 1 aromatic rings. The minimum absolute atomic E-state index is 0.582. The summed E-state index contributed by atoms with van der Waals surface area (Å²) in [6.45, 7) is 6.59. The van der Waals surface area contributed by atoms with Crippen LogP contribution in [0.4, 0.5) is 0 Å². The van der Waals surface area contributed by atoms with Gasteiger partial charge in [-0.3, -0.25) is 4.98 Å². The summed E-state index contributed by atoms with van der Waals surface area (Å²) < 4.78 is 5.37. The minimum atomic E-state index is 0.582. The van der Waals surface area contributed by atoms with Crippen LogP contribution in [0.1, 0.15) is 23.9 Å². The quantitative estimate of drug-likeness (QED) is 0.359. The Morgan fingerprint density at radius 1 is 1.40 bits per heavy atom. The number of rotatable bonds is 7. The van der Waals surface area contributed by atoms with Gasteiger partial charge in [-0.1, -0.05) is 6.07 Å². The first kappa shape index (κ1) is 16.0. The van der Waals surface area contributed by atoms with Crippen LogP contribution in [0.25, 0.3) is 0 Å². The molecule has 0 fully saturated rings. The summed E-state index contributed by atoms with van der Waals surface area (Å²) >= 11 is 0. The number of nitrogens with one attached hydrogen (secondary N) is 1. The summed E-state index contributed by atoms with van der Waals surface area (Å²) in [5, 5.41) is 2.91. The summed E-state index contributed by atoms with van der Waals surface area (Å²) in [6.07, 6.45) is 7.91. The molecule has 0 amide bonds. The summed E-state index contributed by atoms with van der Waals surface area (Å²) in [4.78, 5) is 8.68. The normalized spacial score (nSPS) is 12.3. The van der Waals surface area contributed by atoms with Crippen molar-refractivity contribution in [3.8, 4) is 0 Å². The molecule has 1 N–H and O–H groups in total. The third-order valence-corrected chi connectivity index (χ3v) is 2.81. The Hall–Kier alpha value is -2.10. The van der Waals surface area contributed by atoms with Gasteiger partial charge in [-0.05, 0) is 50.8 Å². The number of aryl methyl sites for hydroxylation is 2. The fourth-order valence-electron chi connectivity index (χ4n) is 1.49. The predicted octanol–water partition coefficient (Wildman–Crippen LogP) is 2.92. The first-order valence-corrected chi connectivity index (χ1v) is 6.71. The molecule has 0 aliphatic carbocycles. The zero-order valence-electron chi connectivity index (χ0n) is 12.7. The van der Waals surface area contributed by atoms with Gasteiger partial charge < -0.3 is 10.1 Å². The maximum absolute atomic E-state index is 5.37. The van der Waals surface area contributed by atoms with Gasteiger partial charge in [-0.2, -0.15) is 0 Å². The van der Waals surface area contributed by atoms with Gasteiger partial charge in [0.05, 0.1) is 6.61 Å². The highest BCUT2D eigenvalue weighted by atomic mass is 16.5. The maximum atomic E-state index is 5.37. The lowest BCUT2D eigenvalue weighted by Crippen LogP contribution is -2.01. The van der Waals surface area contributed by atoms with E-state index in [0.717, 1.165) is 23.5 Å². The molecule has 108 valence electrons. The monoisotopic (exact) mass is 273 g/mol. The lowest BCUT2D eigenvalue weighted by Gasteiger charge is -2.04. The minimum Gasteiger partial charge on any atom is -0.483 e. The smallest absolute Gasteiger partial charge is 0.174 e. The van der Waals surface area contributed by atoms with Gasteiger partial charge in [-0.15, -0.1) is 0 Å². The van der Waals surface area contributed by atoms with Crippen LogP contribution in [-0.2, 0) is 11.2 Å². The Morgan fingerprint density at radius 3 is 2.90 bits per heavy atom. The predicted molar refractivity (Wildman–Crippen MR) is 83.8 cm³/mol. The van der Waals surface area contributed by atoms with E-state index < -0.39 is 0 Å². The molecule has 0 bridgehead atoms. The second-order valence-corrected chi connectivity index (χ2v) is 4.52. The van der Waals surface area contributed by atoms with E-state index in [9.17, 15) is 0 Å². The molecule has 0 saturated heterocycles. The van der Waals surface area contributed by atoms with Crippen LogP contribution < -0.4 is 5.32 Å². The molecule has 0 unspecified atom stereocenters. The van der Waals surface area contributed by atoms with Crippen LogP contribution in [0.2, 0.25) is 0 Å². The Bertz CT molecular complexity index is 504. The molecule has 1 heterocycles. The van der Waals surface area contributed by atoms with Crippen molar-refractivity contribution in [1.29, 1.82) is 0 Å². The Labute approximate surface area is 121 Å². The first-order chi connectivity index (χ1) is 9.63. The van der Waals surface area contributed by atoms with Crippen molar-refractivity contribution in [1.82, 2.24) is 10.3 Å². The molecule has 0 saturated carbocycles. The highest BCUT2D eigenvalue weighted by Crippen LogP contribution is 2.05. The second kappa shape index (κ2) is 8.91. The van der Waals surface area contributed by atoms with E-state index in [2.05, 4.69) is 28.3 Å². The largest absolute Gasteiger partial charge is 0.483 e. The molecule has 4 heteroatoms. The van der Waals surface area contributed by atoms with Gasteiger partial charge in [0.2, 0.25) is 0 Å². The van der Waals surface area contributed by atoms with Crippen molar-refractivity contribution in [2.24, 2.45) is 4.99 Å². The van der Waals surface area contributed by atoms with E-state index in [0.29, 0.717) is 6.61 Å².